The summed E-state index contributed by atoms with van der Waals surface area (Å²) in [7, 11) is 0. The molecular formula is C12H25NO2. The normalized spacial score (nSPS) is 14.7. The Morgan fingerprint density at radius 2 is 2.00 bits per heavy atom. The molecule has 2 atom stereocenters. The van der Waals surface area contributed by atoms with Crippen molar-refractivity contribution in [3.8, 4) is 0 Å². The highest BCUT2D eigenvalue weighted by Gasteiger charge is 2.12. The van der Waals surface area contributed by atoms with Gasteiger partial charge in [-0.1, -0.05) is 39.5 Å². The van der Waals surface area contributed by atoms with E-state index in [9.17, 15) is 4.79 Å². The molecule has 0 fully saturated rings. The first kappa shape index (κ1) is 14.4. The van der Waals surface area contributed by atoms with Crippen molar-refractivity contribution in [3.05, 3.63) is 0 Å². The molecule has 15 heavy (non-hydrogen) atoms. The molecule has 0 aromatic heterocycles. The quantitative estimate of drug-likeness (QED) is 0.500. The molecule has 0 aliphatic carbocycles. The minimum Gasteiger partial charge on any atom is -0.464 e. The molecule has 0 aromatic carbocycles. The number of rotatable bonds is 8. The molecule has 0 bridgehead atoms. The van der Waals surface area contributed by atoms with Crippen LogP contribution in [0, 0.1) is 5.92 Å². The van der Waals surface area contributed by atoms with Crippen LogP contribution in [0.3, 0.4) is 0 Å². The second kappa shape index (κ2) is 8.72. The highest BCUT2D eigenvalue weighted by atomic mass is 16.5. The monoisotopic (exact) mass is 215 g/mol. The predicted octanol–water partition coefficient (Wildman–Crippen LogP) is 2.48. The summed E-state index contributed by atoms with van der Waals surface area (Å²) in [6.07, 6.45) is 5.94. The molecule has 0 saturated heterocycles. The van der Waals surface area contributed by atoms with Gasteiger partial charge in [-0.3, -0.25) is 4.79 Å². The highest BCUT2D eigenvalue weighted by molar-refractivity contribution is 5.74. The summed E-state index contributed by atoms with van der Waals surface area (Å²) in [5, 5.41) is 0. The van der Waals surface area contributed by atoms with Gasteiger partial charge >= 0.3 is 5.97 Å². The summed E-state index contributed by atoms with van der Waals surface area (Å²) < 4.78 is 5.12. The first-order valence-electron chi connectivity index (χ1n) is 6.04. The Hall–Kier alpha value is -0.570. The van der Waals surface area contributed by atoms with Crippen LogP contribution in [0.2, 0.25) is 0 Å². The summed E-state index contributed by atoms with van der Waals surface area (Å²) in [5.74, 6) is 0.211. The fourth-order valence-corrected chi connectivity index (χ4v) is 1.42. The van der Waals surface area contributed by atoms with Crippen LogP contribution in [-0.4, -0.2) is 18.6 Å². The Morgan fingerprint density at radius 3 is 2.47 bits per heavy atom. The van der Waals surface area contributed by atoms with E-state index < -0.39 is 6.04 Å². The van der Waals surface area contributed by atoms with E-state index in [1.54, 1.807) is 6.92 Å². The van der Waals surface area contributed by atoms with E-state index in [0.717, 1.165) is 12.8 Å². The smallest absolute Gasteiger partial charge is 0.322 e. The number of carbonyl (C=O) groups is 1. The Kier molecular flexibility index (Phi) is 8.38. The van der Waals surface area contributed by atoms with Gasteiger partial charge in [0, 0.05) is 0 Å². The van der Waals surface area contributed by atoms with Gasteiger partial charge in [0.2, 0.25) is 0 Å². The molecule has 0 aliphatic heterocycles. The Morgan fingerprint density at radius 1 is 1.33 bits per heavy atom. The van der Waals surface area contributed by atoms with Gasteiger partial charge in [-0.2, -0.15) is 0 Å². The maximum absolute atomic E-state index is 11.1. The van der Waals surface area contributed by atoms with Crippen LogP contribution >= 0.6 is 0 Å². The maximum Gasteiger partial charge on any atom is 0.322 e. The molecule has 1 unspecified atom stereocenters. The van der Waals surface area contributed by atoms with Gasteiger partial charge in [-0.25, -0.2) is 0 Å². The summed E-state index contributed by atoms with van der Waals surface area (Å²) >= 11 is 0. The molecule has 3 heteroatoms. The Labute approximate surface area is 93.4 Å². The van der Waals surface area contributed by atoms with E-state index in [-0.39, 0.29) is 5.97 Å². The first-order chi connectivity index (χ1) is 7.11. The third kappa shape index (κ3) is 7.37. The standard InChI is InChI=1S/C12H25NO2/c1-4-6-7-8-11(5-2)9-15-12(14)10(3)13/h10-11H,4-9,13H2,1-3H3/t10-,11?/m0/s1. The summed E-state index contributed by atoms with van der Waals surface area (Å²) in [6, 6.07) is -0.502. The number of ether oxygens (including phenoxy) is 1. The van der Waals surface area contributed by atoms with Crippen molar-refractivity contribution < 1.29 is 9.53 Å². The summed E-state index contributed by atoms with van der Waals surface area (Å²) in [6.45, 7) is 6.51. The number of esters is 1. The molecule has 90 valence electrons. The third-order valence-corrected chi connectivity index (χ3v) is 2.63. The van der Waals surface area contributed by atoms with Crippen molar-refractivity contribution in [3.63, 3.8) is 0 Å². The third-order valence-electron chi connectivity index (χ3n) is 2.63. The largest absolute Gasteiger partial charge is 0.464 e. The van der Waals surface area contributed by atoms with Crippen LogP contribution in [0.5, 0.6) is 0 Å². The van der Waals surface area contributed by atoms with E-state index in [1.807, 2.05) is 0 Å². The van der Waals surface area contributed by atoms with Crippen molar-refractivity contribution in [2.24, 2.45) is 11.7 Å². The minimum atomic E-state index is -0.502. The zero-order valence-electron chi connectivity index (χ0n) is 10.3. The number of unbranched alkanes of at least 4 members (excludes halogenated alkanes) is 2. The van der Waals surface area contributed by atoms with Gasteiger partial charge in [0.15, 0.2) is 0 Å². The van der Waals surface area contributed by atoms with Crippen LogP contribution in [-0.2, 0) is 9.53 Å². The number of carbonyl (C=O) groups excluding carboxylic acids is 1. The van der Waals surface area contributed by atoms with Crippen LogP contribution in [0.25, 0.3) is 0 Å². The lowest BCUT2D eigenvalue weighted by Gasteiger charge is -2.15. The molecule has 0 rings (SSSR count). The summed E-state index contributed by atoms with van der Waals surface area (Å²) in [5.41, 5.74) is 5.41. The molecule has 0 heterocycles. The topological polar surface area (TPSA) is 52.3 Å². The van der Waals surface area contributed by atoms with Crippen LogP contribution in [0.1, 0.15) is 52.9 Å². The molecule has 2 N–H and O–H groups in total. The van der Waals surface area contributed by atoms with Gasteiger partial charge in [-0.15, -0.1) is 0 Å². The van der Waals surface area contributed by atoms with Crippen molar-refractivity contribution in [2.75, 3.05) is 6.61 Å². The zero-order valence-corrected chi connectivity index (χ0v) is 10.3. The lowest BCUT2D eigenvalue weighted by molar-refractivity contribution is -0.146. The molecule has 0 aromatic rings. The van der Waals surface area contributed by atoms with E-state index in [0.29, 0.717) is 12.5 Å². The van der Waals surface area contributed by atoms with Crippen molar-refractivity contribution in [2.45, 2.75) is 58.9 Å². The van der Waals surface area contributed by atoms with Crippen LogP contribution in [0.15, 0.2) is 0 Å². The SMILES string of the molecule is CCCCCC(CC)COC(=O)[C@H](C)N. The maximum atomic E-state index is 11.1. The van der Waals surface area contributed by atoms with Crippen LogP contribution in [0.4, 0.5) is 0 Å². The van der Waals surface area contributed by atoms with Crippen molar-refractivity contribution in [1.82, 2.24) is 0 Å². The minimum absolute atomic E-state index is 0.288. The summed E-state index contributed by atoms with van der Waals surface area (Å²) in [4.78, 5) is 11.1. The molecular weight excluding hydrogens is 190 g/mol. The van der Waals surface area contributed by atoms with E-state index in [2.05, 4.69) is 13.8 Å². The number of hydrogen-bond acceptors (Lipinski definition) is 3. The molecule has 0 saturated carbocycles. The Bertz CT molecular complexity index is 169. The lowest BCUT2D eigenvalue weighted by Crippen LogP contribution is -2.30. The van der Waals surface area contributed by atoms with E-state index in [1.165, 1.54) is 19.3 Å². The fraction of sp³-hybridized carbons (Fsp3) is 0.917. The zero-order chi connectivity index (χ0) is 11.7. The van der Waals surface area contributed by atoms with Gasteiger partial charge in [0.25, 0.3) is 0 Å². The Balaban J connectivity index is 3.65. The van der Waals surface area contributed by atoms with Crippen molar-refractivity contribution in [1.29, 1.82) is 0 Å². The van der Waals surface area contributed by atoms with Crippen LogP contribution < -0.4 is 5.73 Å². The molecule has 0 radical (unpaired) electrons. The number of hydrogen-bond donors (Lipinski definition) is 1. The average Bonchev–Trinajstić information content (AvgIpc) is 2.22. The van der Waals surface area contributed by atoms with Crippen molar-refractivity contribution >= 4 is 5.97 Å². The predicted molar refractivity (Wildman–Crippen MR) is 62.5 cm³/mol. The fourth-order valence-electron chi connectivity index (χ4n) is 1.42. The van der Waals surface area contributed by atoms with Gasteiger partial charge in [0.1, 0.15) is 6.04 Å². The molecule has 0 amide bonds. The first-order valence-corrected chi connectivity index (χ1v) is 6.04. The average molecular weight is 215 g/mol. The highest BCUT2D eigenvalue weighted by Crippen LogP contribution is 2.14. The van der Waals surface area contributed by atoms with Gasteiger partial charge in [0.05, 0.1) is 6.61 Å². The molecule has 0 spiro atoms. The lowest BCUT2D eigenvalue weighted by atomic mass is 10.00. The van der Waals surface area contributed by atoms with E-state index in [4.69, 9.17) is 10.5 Å². The number of nitrogens with two attached hydrogens (primary N) is 1. The second-order valence-electron chi connectivity index (χ2n) is 4.19. The van der Waals surface area contributed by atoms with E-state index >= 15 is 0 Å². The second-order valence-corrected chi connectivity index (χ2v) is 4.19. The molecule has 3 nitrogen and oxygen atoms in total. The molecule has 0 aliphatic rings. The van der Waals surface area contributed by atoms with Gasteiger partial charge in [-0.05, 0) is 19.3 Å². The van der Waals surface area contributed by atoms with Gasteiger partial charge < -0.3 is 10.5 Å².